The van der Waals surface area contributed by atoms with Gasteiger partial charge in [-0.1, -0.05) is 59.1 Å². The first-order valence-electron chi connectivity index (χ1n) is 7.67. The van der Waals surface area contributed by atoms with E-state index in [2.05, 4.69) is 6.58 Å². The largest absolute Gasteiger partial charge is 0.366 e. The average Bonchev–Trinajstić information content (AvgIpc) is 2.79. The summed E-state index contributed by atoms with van der Waals surface area (Å²) in [7, 11) is 1.56. The van der Waals surface area contributed by atoms with Gasteiger partial charge in [0.05, 0.1) is 20.6 Å². The lowest BCUT2D eigenvalue weighted by Crippen LogP contribution is -2.45. The maximum Gasteiger partial charge on any atom is 0.258 e. The summed E-state index contributed by atoms with van der Waals surface area (Å²) < 4.78 is 0. The van der Waals surface area contributed by atoms with E-state index in [1.165, 1.54) is 4.90 Å². The van der Waals surface area contributed by atoms with E-state index in [9.17, 15) is 9.90 Å². The maximum absolute atomic E-state index is 12.7. The number of rotatable bonds is 4. The topological polar surface area (TPSA) is 40.5 Å². The molecule has 6 heteroatoms. The number of nitrogens with zero attached hydrogens (tertiary/aromatic N) is 1. The van der Waals surface area contributed by atoms with E-state index < -0.39 is 11.6 Å². The Morgan fingerprint density at radius 1 is 1.20 bits per heavy atom. The predicted molar refractivity (Wildman–Crippen MR) is 101 cm³/mol. The fourth-order valence-corrected chi connectivity index (χ4v) is 3.96. The first-order chi connectivity index (χ1) is 11.8. The molecule has 2 atom stereocenters. The van der Waals surface area contributed by atoms with Crippen LogP contribution in [0.25, 0.3) is 0 Å². The molecule has 0 aromatic heterocycles. The van der Waals surface area contributed by atoms with Crippen molar-refractivity contribution in [2.45, 2.75) is 18.1 Å². The summed E-state index contributed by atoms with van der Waals surface area (Å²) in [4.78, 5) is 14.0. The van der Waals surface area contributed by atoms with Crippen molar-refractivity contribution in [1.29, 1.82) is 0 Å². The van der Waals surface area contributed by atoms with Gasteiger partial charge in [-0.05, 0) is 30.2 Å². The van der Waals surface area contributed by atoms with E-state index in [1.54, 1.807) is 49.5 Å². The van der Waals surface area contributed by atoms with Gasteiger partial charge in [0.25, 0.3) is 5.91 Å². The minimum atomic E-state index is -1.57. The van der Waals surface area contributed by atoms with Crippen LogP contribution in [0.5, 0.6) is 0 Å². The Hall–Kier alpha value is -1.52. The summed E-state index contributed by atoms with van der Waals surface area (Å²) in [6.07, 6.45) is 2.13. The Bertz CT molecular complexity index is 868. The number of benzene rings is 2. The number of aliphatic hydroxyl groups is 1. The van der Waals surface area contributed by atoms with E-state index in [1.807, 2.05) is 0 Å². The standard InChI is InChI=1S/C19H16Cl3NO2/c1-3-5-12(11-8-9-14(20)16(22)10-11)19(25)13-6-4-7-15(21)17(13)18(24)23(19)2/h3-4,6-10,12,25H,1,5H2,2H3. The Balaban J connectivity index is 2.22. The smallest absolute Gasteiger partial charge is 0.258 e. The molecular formula is C19H16Cl3NO2. The van der Waals surface area contributed by atoms with Crippen molar-refractivity contribution in [3.63, 3.8) is 0 Å². The van der Waals surface area contributed by atoms with Crippen molar-refractivity contribution in [2.24, 2.45) is 0 Å². The molecule has 0 spiro atoms. The molecule has 0 radical (unpaired) electrons. The number of amides is 1. The van der Waals surface area contributed by atoms with Crippen LogP contribution in [0.1, 0.15) is 33.8 Å². The molecule has 3 nitrogen and oxygen atoms in total. The minimum absolute atomic E-state index is 0.316. The first kappa shape index (κ1) is 18.3. The fraction of sp³-hybridized carbons (Fsp3) is 0.211. The summed E-state index contributed by atoms with van der Waals surface area (Å²) in [5, 5.41) is 12.8. The Labute approximate surface area is 161 Å². The Morgan fingerprint density at radius 3 is 2.56 bits per heavy atom. The molecule has 1 aliphatic heterocycles. The number of hydrogen-bond acceptors (Lipinski definition) is 2. The molecule has 3 rings (SSSR count). The van der Waals surface area contributed by atoms with Gasteiger partial charge in [-0.2, -0.15) is 0 Å². The molecule has 1 heterocycles. The van der Waals surface area contributed by atoms with Crippen LogP contribution in [-0.4, -0.2) is 23.0 Å². The van der Waals surface area contributed by atoms with Crippen LogP contribution < -0.4 is 0 Å². The van der Waals surface area contributed by atoms with Crippen molar-refractivity contribution in [2.75, 3.05) is 7.05 Å². The molecule has 0 saturated carbocycles. The van der Waals surface area contributed by atoms with Crippen molar-refractivity contribution in [3.05, 3.63) is 80.8 Å². The molecule has 0 fully saturated rings. The maximum atomic E-state index is 12.7. The van der Waals surface area contributed by atoms with Gasteiger partial charge in [0.15, 0.2) is 5.72 Å². The number of halogens is 3. The molecule has 0 bridgehead atoms. The highest BCUT2D eigenvalue weighted by atomic mass is 35.5. The second-order valence-electron chi connectivity index (χ2n) is 6.00. The average molecular weight is 397 g/mol. The quantitative estimate of drug-likeness (QED) is 0.718. The zero-order valence-electron chi connectivity index (χ0n) is 13.5. The number of carbonyl (C=O) groups excluding carboxylic acids is 1. The van der Waals surface area contributed by atoms with Crippen LogP contribution in [0.15, 0.2) is 49.1 Å². The van der Waals surface area contributed by atoms with Crippen LogP contribution in [0.3, 0.4) is 0 Å². The number of fused-ring (bicyclic) bond motifs is 1. The first-order valence-corrected chi connectivity index (χ1v) is 8.81. The van der Waals surface area contributed by atoms with Crippen LogP contribution in [0.2, 0.25) is 15.1 Å². The summed E-state index contributed by atoms with van der Waals surface area (Å²) >= 11 is 18.4. The van der Waals surface area contributed by atoms with Crippen LogP contribution >= 0.6 is 34.8 Å². The highest BCUT2D eigenvalue weighted by Crippen LogP contribution is 2.49. The van der Waals surface area contributed by atoms with Gasteiger partial charge in [0.2, 0.25) is 0 Å². The monoisotopic (exact) mass is 395 g/mol. The molecule has 1 amide bonds. The van der Waals surface area contributed by atoms with Gasteiger partial charge >= 0.3 is 0 Å². The zero-order chi connectivity index (χ0) is 18.4. The Kier molecular flexibility index (Phi) is 4.86. The number of likely N-dealkylation sites (N-methyl/N-ethyl adjacent to an activating group) is 1. The molecule has 1 aliphatic rings. The zero-order valence-corrected chi connectivity index (χ0v) is 15.7. The summed E-state index contributed by atoms with van der Waals surface area (Å²) in [5.74, 6) is -0.800. The van der Waals surface area contributed by atoms with Crippen LogP contribution in [0.4, 0.5) is 0 Å². The van der Waals surface area contributed by atoms with Gasteiger partial charge in [-0.25, -0.2) is 0 Å². The molecule has 2 aromatic carbocycles. The molecule has 130 valence electrons. The van der Waals surface area contributed by atoms with E-state index >= 15 is 0 Å². The van der Waals surface area contributed by atoms with Gasteiger partial charge < -0.3 is 10.0 Å². The van der Waals surface area contributed by atoms with Gasteiger partial charge in [0.1, 0.15) is 0 Å². The molecular weight excluding hydrogens is 381 g/mol. The molecule has 2 aromatic rings. The van der Waals surface area contributed by atoms with Crippen molar-refractivity contribution in [1.82, 2.24) is 4.90 Å². The third-order valence-corrected chi connectivity index (χ3v) is 5.73. The second kappa shape index (κ2) is 6.65. The van der Waals surface area contributed by atoms with E-state index in [0.717, 1.165) is 5.56 Å². The highest BCUT2D eigenvalue weighted by Gasteiger charge is 2.52. The summed E-state index contributed by atoms with van der Waals surface area (Å²) in [6, 6.07) is 10.3. The van der Waals surface area contributed by atoms with Crippen molar-refractivity contribution >= 4 is 40.7 Å². The molecule has 0 aliphatic carbocycles. The van der Waals surface area contributed by atoms with Crippen molar-refractivity contribution < 1.29 is 9.90 Å². The van der Waals surface area contributed by atoms with Gasteiger partial charge in [0, 0.05) is 18.5 Å². The predicted octanol–water partition coefficient (Wildman–Crippen LogP) is 5.24. The molecule has 25 heavy (non-hydrogen) atoms. The molecule has 0 saturated heterocycles. The lowest BCUT2D eigenvalue weighted by molar-refractivity contribution is -0.0935. The second-order valence-corrected chi connectivity index (χ2v) is 7.22. The van der Waals surface area contributed by atoms with Gasteiger partial charge in [-0.15, -0.1) is 6.58 Å². The lowest BCUT2D eigenvalue weighted by atomic mass is 9.81. The van der Waals surface area contributed by atoms with E-state index in [4.69, 9.17) is 34.8 Å². The van der Waals surface area contributed by atoms with Gasteiger partial charge in [-0.3, -0.25) is 4.79 Å². The lowest BCUT2D eigenvalue weighted by Gasteiger charge is -2.39. The van der Waals surface area contributed by atoms with Crippen LogP contribution in [0, 0.1) is 0 Å². The number of allylic oxidation sites excluding steroid dienone is 1. The van der Waals surface area contributed by atoms with E-state index in [-0.39, 0.29) is 5.91 Å². The van der Waals surface area contributed by atoms with E-state index in [0.29, 0.717) is 32.6 Å². The normalized spacial score (nSPS) is 20.5. The summed E-state index contributed by atoms with van der Waals surface area (Å²) in [5.41, 5.74) is -0.0131. The van der Waals surface area contributed by atoms with Crippen molar-refractivity contribution in [3.8, 4) is 0 Å². The molecule has 2 unspecified atom stereocenters. The SMILES string of the molecule is C=CCC(c1ccc(Cl)c(Cl)c1)C1(O)c2cccc(Cl)c2C(=O)N1C. The fourth-order valence-electron chi connectivity index (χ4n) is 3.40. The third-order valence-electron chi connectivity index (χ3n) is 4.67. The highest BCUT2D eigenvalue weighted by molar-refractivity contribution is 6.42. The molecule has 1 N–H and O–H groups in total. The summed E-state index contributed by atoms with van der Waals surface area (Å²) in [6.45, 7) is 3.79. The number of carbonyl (C=O) groups is 1. The third kappa shape index (κ3) is 2.76. The minimum Gasteiger partial charge on any atom is -0.366 e. The Morgan fingerprint density at radius 2 is 1.92 bits per heavy atom. The number of hydrogen-bond donors (Lipinski definition) is 1. The van der Waals surface area contributed by atoms with Crippen LogP contribution in [-0.2, 0) is 5.72 Å².